The van der Waals surface area contributed by atoms with Gasteiger partial charge in [0.15, 0.2) is 4.90 Å². The lowest BCUT2D eigenvalue weighted by atomic mass is 10.2. The molecule has 13 heteroatoms. The largest absolute Gasteiger partial charge is 0.497 e. The highest BCUT2D eigenvalue weighted by Crippen LogP contribution is 2.37. The summed E-state index contributed by atoms with van der Waals surface area (Å²) >= 11 is 3.36. The van der Waals surface area contributed by atoms with E-state index in [1.165, 1.54) is 50.8 Å². The summed E-state index contributed by atoms with van der Waals surface area (Å²) in [5.74, 6) is -0.347. The van der Waals surface area contributed by atoms with E-state index in [1.54, 1.807) is 18.2 Å². The minimum Gasteiger partial charge on any atom is -0.497 e. The topological polar surface area (TPSA) is 140 Å². The molecular formula is C23H21BrN4O7S. The molecule has 3 aromatic carbocycles. The van der Waals surface area contributed by atoms with Gasteiger partial charge in [0.1, 0.15) is 18.0 Å². The number of sulfonamides is 1. The second-order valence-electron chi connectivity index (χ2n) is 7.09. The summed E-state index contributed by atoms with van der Waals surface area (Å²) < 4.78 is 39.3. The summed E-state index contributed by atoms with van der Waals surface area (Å²) in [6.45, 7) is -0.746. The Hall–Kier alpha value is -3.97. The van der Waals surface area contributed by atoms with Crippen LogP contribution >= 0.6 is 15.9 Å². The third-order valence-corrected chi connectivity index (χ3v) is 7.40. The molecule has 0 atom stereocenters. The van der Waals surface area contributed by atoms with Gasteiger partial charge in [-0.15, -0.1) is 0 Å². The molecule has 1 amide bonds. The number of carbonyl (C=O) groups excluding carboxylic acids is 1. The standard InChI is InChI=1S/C23H21BrN4O7S/c1-34-17-11-12-19(21(13-17)35-2)27(36(32,33)22-10-6-5-9-20(22)28(30)31)15-23(29)26-25-14-16-7-3-4-8-18(16)24/h3-14H,15H2,1-2H3,(H,26,29)/b25-14-. The van der Waals surface area contributed by atoms with Gasteiger partial charge in [-0.25, -0.2) is 13.8 Å². The Kier molecular flexibility index (Phi) is 8.61. The summed E-state index contributed by atoms with van der Waals surface area (Å²) in [6, 6.07) is 16.3. The molecule has 0 aliphatic rings. The molecule has 0 radical (unpaired) electrons. The Balaban J connectivity index is 2.02. The van der Waals surface area contributed by atoms with Crippen molar-refractivity contribution in [1.82, 2.24) is 5.43 Å². The first-order valence-corrected chi connectivity index (χ1v) is 12.5. The Morgan fingerprint density at radius 2 is 1.81 bits per heavy atom. The number of rotatable bonds is 10. The molecule has 0 aliphatic carbocycles. The molecule has 0 saturated carbocycles. The van der Waals surface area contributed by atoms with Crippen LogP contribution in [0.5, 0.6) is 11.5 Å². The molecule has 3 aromatic rings. The SMILES string of the molecule is COc1ccc(N(CC(=O)N/N=C\c2ccccc2Br)S(=O)(=O)c2ccccc2[N+](=O)[O-])c(OC)c1. The molecular weight excluding hydrogens is 556 g/mol. The zero-order valence-corrected chi connectivity index (χ0v) is 21.5. The number of methoxy groups -OCH3 is 2. The molecule has 0 bridgehead atoms. The molecule has 3 rings (SSSR count). The molecule has 0 unspecified atom stereocenters. The van der Waals surface area contributed by atoms with E-state index >= 15 is 0 Å². The quantitative estimate of drug-likeness (QED) is 0.220. The van der Waals surface area contributed by atoms with Gasteiger partial charge in [-0.3, -0.25) is 19.2 Å². The van der Waals surface area contributed by atoms with E-state index < -0.39 is 38.0 Å². The predicted octanol–water partition coefficient (Wildman–Crippen LogP) is 3.72. The number of nitrogens with zero attached hydrogens (tertiary/aromatic N) is 3. The van der Waals surface area contributed by atoms with Crippen molar-refractivity contribution in [2.75, 3.05) is 25.1 Å². The average Bonchev–Trinajstić information content (AvgIpc) is 2.88. The lowest BCUT2D eigenvalue weighted by Crippen LogP contribution is -2.40. The Labute approximate surface area is 215 Å². The Bertz CT molecular complexity index is 1410. The van der Waals surface area contributed by atoms with Gasteiger partial charge in [0.2, 0.25) is 0 Å². The number of nitrogens with one attached hydrogen (secondary N) is 1. The number of nitro benzene ring substituents is 1. The number of benzene rings is 3. The summed E-state index contributed by atoms with van der Waals surface area (Å²) in [5.41, 5.74) is 2.30. The van der Waals surface area contributed by atoms with E-state index in [1.807, 2.05) is 6.07 Å². The number of anilines is 1. The fourth-order valence-electron chi connectivity index (χ4n) is 3.15. The third-order valence-electron chi connectivity index (χ3n) is 4.87. The highest BCUT2D eigenvalue weighted by molar-refractivity contribution is 9.10. The second kappa shape index (κ2) is 11.6. The lowest BCUT2D eigenvalue weighted by Gasteiger charge is -2.25. The number of halogens is 1. The van der Waals surface area contributed by atoms with Gasteiger partial charge in [-0.1, -0.05) is 46.3 Å². The molecule has 0 spiro atoms. The van der Waals surface area contributed by atoms with Crippen LogP contribution in [0.25, 0.3) is 0 Å². The maximum atomic E-state index is 13.7. The number of nitro groups is 1. The van der Waals surface area contributed by atoms with Crippen molar-refractivity contribution >= 4 is 49.4 Å². The van der Waals surface area contributed by atoms with E-state index in [0.717, 1.165) is 20.9 Å². The smallest absolute Gasteiger partial charge is 0.289 e. The van der Waals surface area contributed by atoms with E-state index in [0.29, 0.717) is 11.3 Å². The van der Waals surface area contributed by atoms with E-state index in [-0.39, 0.29) is 11.4 Å². The van der Waals surface area contributed by atoms with E-state index in [4.69, 9.17) is 9.47 Å². The maximum absolute atomic E-state index is 13.7. The van der Waals surface area contributed by atoms with E-state index in [9.17, 15) is 23.3 Å². The molecule has 36 heavy (non-hydrogen) atoms. The van der Waals surface area contributed by atoms with Crippen LogP contribution in [0.4, 0.5) is 11.4 Å². The summed E-state index contributed by atoms with van der Waals surface area (Å²) in [4.78, 5) is 22.9. The van der Waals surface area contributed by atoms with Crippen LogP contribution in [0.2, 0.25) is 0 Å². The highest BCUT2D eigenvalue weighted by atomic mass is 79.9. The lowest BCUT2D eigenvalue weighted by molar-refractivity contribution is -0.387. The van der Waals surface area contributed by atoms with Gasteiger partial charge in [-0.2, -0.15) is 5.10 Å². The fraction of sp³-hybridized carbons (Fsp3) is 0.130. The number of hydrogen-bond acceptors (Lipinski definition) is 8. The van der Waals surface area contributed by atoms with Crippen molar-refractivity contribution in [2.24, 2.45) is 5.10 Å². The molecule has 0 fully saturated rings. The number of carbonyl (C=O) groups is 1. The first-order valence-electron chi connectivity index (χ1n) is 10.2. The van der Waals surface area contributed by atoms with Crippen molar-refractivity contribution < 1.29 is 27.6 Å². The summed E-state index contributed by atoms with van der Waals surface area (Å²) in [6.07, 6.45) is 1.39. The first kappa shape index (κ1) is 26.6. The van der Waals surface area contributed by atoms with Crippen LogP contribution in [0.1, 0.15) is 5.56 Å². The summed E-state index contributed by atoms with van der Waals surface area (Å²) in [7, 11) is -1.87. The normalized spacial score (nSPS) is 11.2. The number of amides is 1. The van der Waals surface area contributed by atoms with Gasteiger partial charge in [0.05, 0.1) is 31.0 Å². The number of ether oxygens (including phenoxy) is 2. The molecule has 11 nitrogen and oxygen atoms in total. The van der Waals surface area contributed by atoms with Crippen molar-refractivity contribution in [2.45, 2.75) is 4.90 Å². The van der Waals surface area contributed by atoms with Crippen LogP contribution in [-0.2, 0) is 14.8 Å². The van der Waals surface area contributed by atoms with Crippen molar-refractivity contribution in [3.63, 3.8) is 0 Å². The van der Waals surface area contributed by atoms with Crippen LogP contribution in [0.15, 0.2) is 81.2 Å². The van der Waals surface area contributed by atoms with Gasteiger partial charge in [0.25, 0.3) is 21.6 Å². The molecule has 0 aliphatic heterocycles. The predicted molar refractivity (Wildman–Crippen MR) is 137 cm³/mol. The van der Waals surface area contributed by atoms with E-state index in [2.05, 4.69) is 26.5 Å². The summed E-state index contributed by atoms with van der Waals surface area (Å²) in [5, 5.41) is 15.4. The number of hydrazone groups is 1. The minimum atomic E-state index is -4.61. The molecule has 0 saturated heterocycles. The van der Waals surface area contributed by atoms with Crippen LogP contribution < -0.4 is 19.2 Å². The Morgan fingerprint density at radius 1 is 1.11 bits per heavy atom. The third kappa shape index (κ3) is 5.98. The number of para-hydroxylation sites is 1. The van der Waals surface area contributed by atoms with Crippen molar-refractivity contribution in [3.05, 3.63) is 86.9 Å². The van der Waals surface area contributed by atoms with Crippen molar-refractivity contribution in [1.29, 1.82) is 0 Å². The second-order valence-corrected chi connectivity index (χ2v) is 9.77. The fourth-order valence-corrected chi connectivity index (χ4v) is 5.13. The molecule has 0 aromatic heterocycles. The zero-order chi connectivity index (χ0) is 26.3. The van der Waals surface area contributed by atoms with Crippen molar-refractivity contribution in [3.8, 4) is 11.5 Å². The van der Waals surface area contributed by atoms with Crippen LogP contribution in [0, 0.1) is 10.1 Å². The van der Waals surface area contributed by atoms with Gasteiger partial charge < -0.3 is 9.47 Å². The maximum Gasteiger partial charge on any atom is 0.289 e. The van der Waals surface area contributed by atoms with Gasteiger partial charge >= 0.3 is 0 Å². The highest BCUT2D eigenvalue weighted by Gasteiger charge is 2.34. The number of hydrogen-bond donors (Lipinski definition) is 1. The first-order chi connectivity index (χ1) is 17.2. The molecule has 1 N–H and O–H groups in total. The minimum absolute atomic E-state index is 0.0265. The average molecular weight is 577 g/mol. The van der Waals surface area contributed by atoms with Crippen LogP contribution in [0.3, 0.4) is 0 Å². The molecule has 188 valence electrons. The monoisotopic (exact) mass is 576 g/mol. The zero-order valence-electron chi connectivity index (χ0n) is 19.1. The molecule has 0 heterocycles. The Morgan fingerprint density at radius 3 is 2.47 bits per heavy atom. The van der Waals surface area contributed by atoms with Gasteiger partial charge in [0, 0.05) is 22.2 Å². The van der Waals surface area contributed by atoms with Gasteiger partial charge in [-0.05, 0) is 24.3 Å². The van der Waals surface area contributed by atoms with Crippen LogP contribution in [-0.4, -0.2) is 46.2 Å².